The van der Waals surface area contributed by atoms with Crippen LogP contribution in [0.2, 0.25) is 0 Å². The van der Waals surface area contributed by atoms with E-state index < -0.39 is 0 Å². The van der Waals surface area contributed by atoms with E-state index in [0.717, 1.165) is 16.3 Å². The molecule has 4 aromatic carbocycles. The number of nitrogens with one attached hydrogen (secondary N) is 3. The molecule has 4 aromatic rings. The number of amides is 2. The van der Waals surface area contributed by atoms with Crippen molar-refractivity contribution in [2.24, 2.45) is 0 Å². The fourth-order valence-corrected chi connectivity index (χ4v) is 3.65. The van der Waals surface area contributed by atoms with Crippen molar-refractivity contribution in [3.8, 4) is 0 Å². The molecule has 0 aromatic heterocycles. The van der Waals surface area contributed by atoms with Crippen LogP contribution in [0, 0.1) is 0 Å². The number of benzene rings is 4. The summed E-state index contributed by atoms with van der Waals surface area (Å²) in [5.41, 5.74) is 2.79. The first-order valence-electron chi connectivity index (χ1n) is 10.1. The second-order valence-corrected chi connectivity index (χ2v) is 7.63. The van der Waals surface area contributed by atoms with Crippen molar-refractivity contribution in [1.29, 1.82) is 0 Å². The lowest BCUT2D eigenvalue weighted by atomic mass is 10.0. The monoisotopic (exact) mass is 439 g/mol. The number of fused-ring (bicyclic) bond motifs is 1. The van der Waals surface area contributed by atoms with Crippen LogP contribution < -0.4 is 16.0 Å². The maximum absolute atomic E-state index is 12.5. The summed E-state index contributed by atoms with van der Waals surface area (Å²) in [6.07, 6.45) is 0.219. The van der Waals surface area contributed by atoms with Crippen LogP contribution in [0.3, 0.4) is 0 Å². The lowest BCUT2D eigenvalue weighted by molar-refractivity contribution is -0.119. The first-order chi connectivity index (χ1) is 15.6. The first kappa shape index (κ1) is 21.2. The van der Waals surface area contributed by atoms with E-state index in [1.165, 1.54) is 0 Å². The molecule has 0 bridgehead atoms. The Balaban J connectivity index is 1.36. The van der Waals surface area contributed by atoms with Crippen LogP contribution in [0.5, 0.6) is 0 Å². The van der Waals surface area contributed by atoms with Gasteiger partial charge in [-0.05, 0) is 58.9 Å². The zero-order valence-corrected chi connectivity index (χ0v) is 18.0. The quantitative estimate of drug-likeness (QED) is 0.376. The van der Waals surface area contributed by atoms with Crippen LogP contribution in [-0.4, -0.2) is 16.9 Å². The van der Waals surface area contributed by atoms with Crippen molar-refractivity contribution in [2.75, 3.05) is 10.6 Å². The van der Waals surface area contributed by atoms with Crippen molar-refractivity contribution in [2.45, 2.75) is 6.42 Å². The Morgan fingerprint density at radius 1 is 0.719 bits per heavy atom. The molecule has 0 atom stereocenters. The van der Waals surface area contributed by atoms with Gasteiger partial charge < -0.3 is 16.0 Å². The zero-order valence-electron chi connectivity index (χ0n) is 17.2. The lowest BCUT2D eigenvalue weighted by Gasteiger charge is -2.12. The molecule has 0 saturated carbocycles. The van der Waals surface area contributed by atoms with E-state index in [4.69, 9.17) is 12.2 Å². The average Bonchev–Trinajstić information content (AvgIpc) is 2.80. The summed E-state index contributed by atoms with van der Waals surface area (Å²) >= 11 is 5.30. The number of anilines is 2. The van der Waals surface area contributed by atoms with Gasteiger partial charge in [0.25, 0.3) is 5.91 Å². The molecule has 0 fully saturated rings. The van der Waals surface area contributed by atoms with Crippen LogP contribution >= 0.6 is 12.2 Å². The highest BCUT2D eigenvalue weighted by molar-refractivity contribution is 7.80. The van der Waals surface area contributed by atoms with E-state index in [-0.39, 0.29) is 23.3 Å². The summed E-state index contributed by atoms with van der Waals surface area (Å²) in [4.78, 5) is 24.9. The molecule has 0 aliphatic carbocycles. The van der Waals surface area contributed by atoms with Gasteiger partial charge in [0.1, 0.15) is 0 Å². The van der Waals surface area contributed by atoms with Crippen molar-refractivity contribution < 1.29 is 9.59 Å². The third-order valence-electron chi connectivity index (χ3n) is 4.90. The van der Waals surface area contributed by atoms with E-state index in [2.05, 4.69) is 16.0 Å². The lowest BCUT2D eigenvalue weighted by Crippen LogP contribution is -2.35. The van der Waals surface area contributed by atoms with Crippen molar-refractivity contribution in [1.82, 2.24) is 5.32 Å². The first-order valence-corrected chi connectivity index (χ1v) is 10.5. The second-order valence-electron chi connectivity index (χ2n) is 7.22. The van der Waals surface area contributed by atoms with Gasteiger partial charge in [-0.3, -0.25) is 9.59 Å². The maximum atomic E-state index is 12.5. The highest BCUT2D eigenvalue weighted by Gasteiger charge is 2.10. The minimum atomic E-state index is -0.201. The third kappa shape index (κ3) is 5.36. The Morgan fingerprint density at radius 2 is 1.38 bits per heavy atom. The number of thiocarbonyl (C=S) groups is 1. The highest BCUT2D eigenvalue weighted by Crippen LogP contribution is 2.19. The Kier molecular flexibility index (Phi) is 6.53. The summed E-state index contributed by atoms with van der Waals surface area (Å²) in [6.45, 7) is 0. The largest absolute Gasteiger partial charge is 0.332 e. The van der Waals surface area contributed by atoms with Crippen LogP contribution in [0.4, 0.5) is 11.4 Å². The number of carbonyl (C=O) groups excluding carboxylic acids is 2. The van der Waals surface area contributed by atoms with Gasteiger partial charge in [0.2, 0.25) is 5.91 Å². The molecule has 3 N–H and O–H groups in total. The van der Waals surface area contributed by atoms with E-state index in [9.17, 15) is 9.59 Å². The summed E-state index contributed by atoms with van der Waals surface area (Å²) in [7, 11) is 0. The Morgan fingerprint density at radius 3 is 2.19 bits per heavy atom. The molecule has 32 heavy (non-hydrogen) atoms. The molecule has 0 aliphatic rings. The maximum Gasteiger partial charge on any atom is 0.255 e. The standard InChI is InChI=1S/C26H21N3O2S/c30-24(16-20-12-6-11-18-8-4-5-15-23(18)20)29-26(32)28-22-14-7-13-21(17-22)27-25(31)19-9-2-1-3-10-19/h1-15,17H,16H2,(H,27,31)(H2,28,29,30,32). The normalized spacial score (nSPS) is 10.4. The predicted octanol–water partition coefficient (Wildman–Crippen LogP) is 5.15. The Labute approximate surface area is 191 Å². The summed E-state index contributed by atoms with van der Waals surface area (Å²) in [6, 6.07) is 30.0. The highest BCUT2D eigenvalue weighted by atomic mass is 32.1. The molecule has 4 rings (SSSR count). The van der Waals surface area contributed by atoms with E-state index in [1.807, 2.05) is 60.7 Å². The van der Waals surface area contributed by atoms with Gasteiger partial charge in [0.05, 0.1) is 6.42 Å². The number of hydrogen-bond acceptors (Lipinski definition) is 3. The van der Waals surface area contributed by atoms with Gasteiger partial charge in [-0.25, -0.2) is 0 Å². The third-order valence-corrected chi connectivity index (χ3v) is 5.10. The van der Waals surface area contributed by atoms with Gasteiger partial charge in [-0.2, -0.15) is 0 Å². The summed E-state index contributed by atoms with van der Waals surface area (Å²) < 4.78 is 0. The smallest absolute Gasteiger partial charge is 0.255 e. The van der Waals surface area contributed by atoms with Crippen LogP contribution in [-0.2, 0) is 11.2 Å². The van der Waals surface area contributed by atoms with Gasteiger partial charge in [-0.15, -0.1) is 0 Å². The Bertz CT molecular complexity index is 1280. The van der Waals surface area contributed by atoms with Crippen LogP contribution in [0.1, 0.15) is 15.9 Å². The predicted molar refractivity (Wildman–Crippen MR) is 133 cm³/mol. The molecule has 0 spiro atoms. The molecule has 158 valence electrons. The van der Waals surface area contributed by atoms with E-state index in [0.29, 0.717) is 16.9 Å². The van der Waals surface area contributed by atoms with Crippen molar-refractivity contribution in [3.05, 3.63) is 108 Å². The topological polar surface area (TPSA) is 70.2 Å². The molecule has 0 saturated heterocycles. The molecular formula is C26H21N3O2S. The van der Waals surface area contributed by atoms with Crippen LogP contribution in [0.25, 0.3) is 10.8 Å². The molecule has 0 aliphatic heterocycles. The molecule has 0 unspecified atom stereocenters. The SMILES string of the molecule is O=C(Cc1cccc2ccccc12)NC(=S)Nc1cccc(NC(=O)c2ccccc2)c1. The fraction of sp³-hybridized carbons (Fsp3) is 0.0385. The number of hydrogen-bond donors (Lipinski definition) is 3. The van der Waals surface area contributed by atoms with Gasteiger partial charge >= 0.3 is 0 Å². The minimum absolute atomic E-state index is 0.196. The van der Waals surface area contributed by atoms with Crippen LogP contribution in [0.15, 0.2) is 97.1 Å². The summed E-state index contributed by atoms with van der Waals surface area (Å²) in [5, 5.41) is 10.9. The van der Waals surface area contributed by atoms with Gasteiger partial charge in [0, 0.05) is 16.9 Å². The molecule has 5 nitrogen and oxygen atoms in total. The summed E-state index contributed by atoms with van der Waals surface area (Å²) in [5.74, 6) is -0.402. The molecule has 6 heteroatoms. The van der Waals surface area contributed by atoms with Gasteiger partial charge in [0.15, 0.2) is 5.11 Å². The fourth-order valence-electron chi connectivity index (χ4n) is 3.42. The van der Waals surface area contributed by atoms with Gasteiger partial charge in [-0.1, -0.05) is 66.7 Å². The Hall–Kier alpha value is -4.03. The van der Waals surface area contributed by atoms with E-state index >= 15 is 0 Å². The molecule has 0 heterocycles. The number of carbonyl (C=O) groups is 2. The number of rotatable bonds is 5. The molecule has 2 amide bonds. The van der Waals surface area contributed by atoms with Crippen molar-refractivity contribution >= 4 is 51.3 Å². The zero-order chi connectivity index (χ0) is 22.3. The molecular weight excluding hydrogens is 418 g/mol. The second kappa shape index (κ2) is 9.85. The minimum Gasteiger partial charge on any atom is -0.332 e. The van der Waals surface area contributed by atoms with Crippen molar-refractivity contribution in [3.63, 3.8) is 0 Å². The van der Waals surface area contributed by atoms with E-state index in [1.54, 1.807) is 36.4 Å². The average molecular weight is 440 g/mol. The molecule has 0 radical (unpaired) electrons.